The van der Waals surface area contributed by atoms with Crippen LogP contribution in [0.3, 0.4) is 0 Å². The summed E-state index contributed by atoms with van der Waals surface area (Å²) in [6.45, 7) is 2.68. The molecule has 0 amide bonds. The second kappa shape index (κ2) is 4.34. The van der Waals surface area contributed by atoms with E-state index in [-0.39, 0.29) is 6.61 Å². The van der Waals surface area contributed by atoms with Crippen molar-refractivity contribution in [3.63, 3.8) is 0 Å². The minimum Gasteiger partial charge on any atom is -0.460 e. The van der Waals surface area contributed by atoms with Crippen molar-refractivity contribution in [3.8, 4) is 0 Å². The van der Waals surface area contributed by atoms with E-state index in [0.29, 0.717) is 0 Å². The topological polar surface area (TPSA) is 94.6 Å². The Morgan fingerprint density at radius 2 is 1.75 bits per heavy atom. The second-order valence-corrected chi connectivity index (χ2v) is 3.37. The van der Waals surface area contributed by atoms with Crippen LogP contribution >= 0.6 is 0 Å². The van der Waals surface area contributed by atoms with Crippen LogP contribution in [0.5, 0.6) is 0 Å². The molecule has 0 heterocycles. The molecule has 86 valence electrons. The number of Topliss-reactive ketones (excluding diaryl/α,β-unsaturated/α-hetero) is 4. The Kier molecular flexibility index (Phi) is 3.31. The average molecular weight is 226 g/mol. The third-order valence-electron chi connectivity index (χ3n) is 2.35. The molecule has 1 aliphatic carbocycles. The lowest BCUT2D eigenvalue weighted by atomic mass is 9.99. The molecule has 2 atom stereocenters. The monoisotopic (exact) mass is 226 g/mol. The summed E-state index contributed by atoms with van der Waals surface area (Å²) in [5, 5.41) is 0. The van der Waals surface area contributed by atoms with Crippen LogP contribution in [0, 0.1) is 11.8 Å². The van der Waals surface area contributed by atoms with Crippen molar-refractivity contribution in [2.24, 2.45) is 11.8 Å². The maximum absolute atomic E-state index is 11.4. The van der Waals surface area contributed by atoms with Crippen molar-refractivity contribution in [1.29, 1.82) is 0 Å². The van der Waals surface area contributed by atoms with Gasteiger partial charge in [-0.1, -0.05) is 0 Å². The molecule has 1 fully saturated rings. The molecule has 1 rings (SSSR count). The van der Waals surface area contributed by atoms with Gasteiger partial charge in [0.2, 0.25) is 11.6 Å². The average Bonchev–Trinajstić information content (AvgIpc) is 2.43. The molecule has 0 bridgehead atoms. The molecule has 1 aliphatic rings. The summed E-state index contributed by atoms with van der Waals surface area (Å²) in [5.41, 5.74) is 0. The lowest BCUT2D eigenvalue weighted by Gasteiger charge is -2.04. The third-order valence-corrected chi connectivity index (χ3v) is 2.35. The summed E-state index contributed by atoms with van der Waals surface area (Å²) in [7, 11) is 0. The molecule has 0 aromatic carbocycles. The van der Waals surface area contributed by atoms with E-state index < -0.39 is 40.9 Å². The predicted octanol–water partition coefficient (Wildman–Crippen LogP) is -0.908. The van der Waals surface area contributed by atoms with Gasteiger partial charge >= 0.3 is 5.97 Å². The first-order valence-corrected chi connectivity index (χ1v) is 4.74. The molecule has 6 heteroatoms. The first-order valence-electron chi connectivity index (χ1n) is 4.74. The fourth-order valence-corrected chi connectivity index (χ4v) is 1.43. The highest BCUT2D eigenvalue weighted by molar-refractivity contribution is 6.60. The number of carbonyl (C=O) groups is 5. The molecule has 1 saturated carbocycles. The van der Waals surface area contributed by atoms with Crippen LogP contribution in [0.2, 0.25) is 0 Å². The van der Waals surface area contributed by atoms with Crippen LogP contribution < -0.4 is 0 Å². The van der Waals surface area contributed by atoms with E-state index in [4.69, 9.17) is 0 Å². The van der Waals surface area contributed by atoms with E-state index in [1.165, 1.54) is 13.8 Å². The molecule has 0 radical (unpaired) electrons. The molecular weight excluding hydrogens is 216 g/mol. The zero-order valence-corrected chi connectivity index (χ0v) is 8.81. The van der Waals surface area contributed by atoms with Crippen molar-refractivity contribution in [2.75, 3.05) is 6.61 Å². The highest BCUT2D eigenvalue weighted by Crippen LogP contribution is 2.21. The van der Waals surface area contributed by atoms with Gasteiger partial charge in [0.25, 0.3) is 5.78 Å². The van der Waals surface area contributed by atoms with Crippen LogP contribution in [0.1, 0.15) is 13.8 Å². The van der Waals surface area contributed by atoms with Crippen LogP contribution in [0.4, 0.5) is 0 Å². The summed E-state index contributed by atoms with van der Waals surface area (Å²) in [6.07, 6.45) is 0. The lowest BCUT2D eigenvalue weighted by molar-refractivity contribution is -0.157. The Hall–Kier alpha value is -1.85. The normalized spacial score (nSPS) is 24.8. The Bertz CT molecular complexity index is 394. The fourth-order valence-electron chi connectivity index (χ4n) is 1.43. The van der Waals surface area contributed by atoms with Crippen LogP contribution in [0.25, 0.3) is 0 Å². The summed E-state index contributed by atoms with van der Waals surface area (Å²) in [5.74, 6) is -8.31. The third kappa shape index (κ3) is 1.78. The largest absolute Gasteiger partial charge is 0.460 e. The summed E-state index contributed by atoms with van der Waals surface area (Å²) in [6, 6.07) is 0. The van der Waals surface area contributed by atoms with E-state index in [2.05, 4.69) is 4.74 Å². The molecule has 0 aromatic rings. The van der Waals surface area contributed by atoms with Crippen molar-refractivity contribution >= 4 is 29.1 Å². The van der Waals surface area contributed by atoms with Crippen LogP contribution in [0.15, 0.2) is 0 Å². The van der Waals surface area contributed by atoms with E-state index in [9.17, 15) is 24.0 Å². The second-order valence-electron chi connectivity index (χ2n) is 3.37. The molecule has 16 heavy (non-hydrogen) atoms. The molecular formula is C10H10O6. The number of ketones is 4. The number of esters is 1. The molecule has 0 saturated heterocycles. The van der Waals surface area contributed by atoms with Gasteiger partial charge in [-0.25, -0.2) is 4.79 Å². The van der Waals surface area contributed by atoms with Gasteiger partial charge in [0.15, 0.2) is 11.7 Å². The Balaban J connectivity index is 2.94. The highest BCUT2D eigenvalue weighted by atomic mass is 16.5. The number of hydrogen-bond donors (Lipinski definition) is 0. The van der Waals surface area contributed by atoms with Crippen LogP contribution in [-0.2, 0) is 28.7 Å². The lowest BCUT2D eigenvalue weighted by Crippen LogP contribution is -2.33. The molecule has 0 spiro atoms. The predicted molar refractivity (Wildman–Crippen MR) is 49.3 cm³/mol. The van der Waals surface area contributed by atoms with Gasteiger partial charge in [0, 0.05) is 0 Å². The number of hydrogen-bond acceptors (Lipinski definition) is 6. The van der Waals surface area contributed by atoms with Gasteiger partial charge in [-0.05, 0) is 13.8 Å². The summed E-state index contributed by atoms with van der Waals surface area (Å²) in [4.78, 5) is 56.2. The summed E-state index contributed by atoms with van der Waals surface area (Å²) < 4.78 is 4.38. The molecule has 0 aliphatic heterocycles. The van der Waals surface area contributed by atoms with Crippen molar-refractivity contribution in [3.05, 3.63) is 0 Å². The van der Waals surface area contributed by atoms with Crippen LogP contribution in [-0.4, -0.2) is 35.7 Å². The smallest absolute Gasteiger partial charge is 0.375 e. The van der Waals surface area contributed by atoms with E-state index in [1.54, 1.807) is 0 Å². The molecule has 0 N–H and O–H groups in total. The SMILES string of the molecule is CCOC(=O)C(=O)[C@@H]1C(=O)C(=O)[C@H](C)C1=O. The fraction of sp³-hybridized carbons (Fsp3) is 0.500. The van der Waals surface area contributed by atoms with Gasteiger partial charge in [0.05, 0.1) is 12.5 Å². The minimum atomic E-state index is -1.79. The van der Waals surface area contributed by atoms with E-state index >= 15 is 0 Å². The van der Waals surface area contributed by atoms with Crippen molar-refractivity contribution < 1.29 is 28.7 Å². The van der Waals surface area contributed by atoms with Gasteiger partial charge in [-0.3, -0.25) is 19.2 Å². The molecule has 6 nitrogen and oxygen atoms in total. The zero-order valence-electron chi connectivity index (χ0n) is 8.81. The quantitative estimate of drug-likeness (QED) is 0.351. The summed E-state index contributed by atoms with van der Waals surface area (Å²) >= 11 is 0. The maximum atomic E-state index is 11.4. The van der Waals surface area contributed by atoms with E-state index in [0.717, 1.165) is 0 Å². The van der Waals surface area contributed by atoms with Gasteiger partial charge < -0.3 is 4.74 Å². The first kappa shape index (κ1) is 12.2. The van der Waals surface area contributed by atoms with Gasteiger partial charge in [-0.2, -0.15) is 0 Å². The highest BCUT2D eigenvalue weighted by Gasteiger charge is 2.52. The first-order chi connectivity index (χ1) is 7.41. The Morgan fingerprint density at radius 3 is 2.12 bits per heavy atom. The maximum Gasteiger partial charge on any atom is 0.375 e. The number of rotatable bonds is 3. The Labute approximate surface area is 90.9 Å². The number of carbonyl (C=O) groups excluding carboxylic acids is 5. The van der Waals surface area contributed by atoms with E-state index in [1.807, 2.05) is 0 Å². The van der Waals surface area contributed by atoms with Crippen molar-refractivity contribution in [1.82, 2.24) is 0 Å². The van der Waals surface area contributed by atoms with Gasteiger partial charge in [0.1, 0.15) is 0 Å². The molecule has 0 aromatic heterocycles. The standard InChI is InChI=1S/C10H10O6/c1-3-16-10(15)9(14)5-6(11)4(2)7(12)8(5)13/h4-5H,3H2,1-2H3/t4-,5+/m1/s1. The molecule has 0 unspecified atom stereocenters. The zero-order chi connectivity index (χ0) is 12.5. The Morgan fingerprint density at radius 1 is 1.19 bits per heavy atom. The number of ether oxygens (including phenoxy) is 1. The van der Waals surface area contributed by atoms with Gasteiger partial charge in [-0.15, -0.1) is 0 Å². The van der Waals surface area contributed by atoms with Crippen molar-refractivity contribution in [2.45, 2.75) is 13.8 Å². The minimum absolute atomic E-state index is 0.0385.